The summed E-state index contributed by atoms with van der Waals surface area (Å²) in [6.07, 6.45) is 5.58. The fourth-order valence-electron chi connectivity index (χ4n) is 5.78. The average Bonchev–Trinajstić information content (AvgIpc) is 3.73. The fraction of sp³-hybridized carbons (Fsp3) is 0.116. The number of hydrogen-bond donors (Lipinski definition) is 0. The molecule has 0 fully saturated rings. The number of aryl methyl sites for hydroxylation is 1. The maximum atomic E-state index is 7.23. The molecule has 8 aromatic rings. The molecule has 0 bridgehead atoms. The van der Waals surface area contributed by atoms with E-state index in [0.717, 1.165) is 56.8 Å². The van der Waals surface area contributed by atoms with Crippen LogP contribution >= 0.6 is 0 Å². The van der Waals surface area contributed by atoms with E-state index in [1.165, 1.54) is 22.9 Å². The number of nitrogens with zero attached hydrogens (tertiary/aromatic N) is 3. The van der Waals surface area contributed by atoms with Gasteiger partial charge in [0.2, 0.25) is 0 Å². The van der Waals surface area contributed by atoms with Gasteiger partial charge in [0.25, 0.3) is 0 Å². The largest absolute Gasteiger partial charge is 0.557 e. The van der Waals surface area contributed by atoms with Gasteiger partial charge in [0.1, 0.15) is 0 Å². The van der Waals surface area contributed by atoms with Crippen LogP contribution in [0.5, 0.6) is 0 Å². The molecule has 5 aromatic carbocycles. The second kappa shape index (κ2) is 14.8. The zero-order valence-electron chi connectivity index (χ0n) is 29.6. The van der Waals surface area contributed by atoms with Crippen LogP contribution < -0.4 is 0 Å². The summed E-state index contributed by atoms with van der Waals surface area (Å²) in [5, 5.41) is 1.05. The molecule has 0 N–H and O–H groups in total. The van der Waals surface area contributed by atoms with Crippen LogP contribution in [-0.2, 0) is 26.5 Å². The van der Waals surface area contributed by atoms with Crippen molar-refractivity contribution in [1.82, 2.24) is 14.5 Å². The Morgan fingerprint density at radius 2 is 1.58 bits per heavy atom. The number of hydrogen-bond acceptors (Lipinski definition) is 3. The molecule has 0 atom stereocenters. The second-order valence-electron chi connectivity index (χ2n) is 11.9. The van der Waals surface area contributed by atoms with Crippen molar-refractivity contribution in [2.75, 3.05) is 0 Å². The van der Waals surface area contributed by atoms with E-state index < -0.39 is 6.85 Å². The minimum absolute atomic E-state index is 0. The van der Waals surface area contributed by atoms with Crippen molar-refractivity contribution in [3.8, 4) is 39.5 Å². The quantitative estimate of drug-likeness (QED) is 0.157. The van der Waals surface area contributed by atoms with Gasteiger partial charge >= 0.3 is 0 Å². The molecule has 0 spiro atoms. The third-order valence-electron chi connectivity index (χ3n) is 7.99. The molecule has 5 heteroatoms. The average molecular weight is 805 g/mol. The summed E-state index contributed by atoms with van der Waals surface area (Å²) in [7, 11) is 0. The number of pyridine rings is 1. The van der Waals surface area contributed by atoms with Crippen LogP contribution in [0.15, 0.2) is 144 Å². The molecular formula is C43H35IrN3O-2. The van der Waals surface area contributed by atoms with E-state index in [1.807, 2.05) is 30.3 Å². The molecule has 0 aliphatic carbocycles. The van der Waals surface area contributed by atoms with Crippen LogP contribution in [0, 0.1) is 25.1 Å². The first-order valence-corrected chi connectivity index (χ1v) is 15.7. The number of aromatic nitrogens is 3. The van der Waals surface area contributed by atoms with Crippen molar-refractivity contribution >= 4 is 22.0 Å². The van der Waals surface area contributed by atoms with Gasteiger partial charge in [-0.3, -0.25) is 4.98 Å². The molecule has 4 nitrogen and oxygen atoms in total. The Balaban J connectivity index is 0.000000222. The molecule has 3 heterocycles. The van der Waals surface area contributed by atoms with Crippen molar-refractivity contribution in [2.24, 2.45) is 5.92 Å². The van der Waals surface area contributed by atoms with Crippen molar-refractivity contribution < 1.29 is 28.6 Å². The smallest absolute Gasteiger partial charge is 0.0774 e. The van der Waals surface area contributed by atoms with Crippen LogP contribution in [0.3, 0.4) is 0 Å². The maximum absolute atomic E-state index is 7.23. The van der Waals surface area contributed by atoms with Crippen molar-refractivity contribution in [2.45, 2.75) is 27.1 Å². The van der Waals surface area contributed by atoms with Crippen LogP contribution in [0.1, 0.15) is 29.1 Å². The summed E-state index contributed by atoms with van der Waals surface area (Å²) >= 11 is 0. The molecule has 48 heavy (non-hydrogen) atoms. The number of rotatable bonds is 6. The van der Waals surface area contributed by atoms with Crippen LogP contribution in [0.4, 0.5) is 0 Å². The first kappa shape index (κ1) is 29.1. The zero-order valence-corrected chi connectivity index (χ0v) is 29.0. The van der Waals surface area contributed by atoms with E-state index in [9.17, 15) is 0 Å². The van der Waals surface area contributed by atoms with E-state index in [0.29, 0.717) is 5.92 Å². The Morgan fingerprint density at radius 1 is 0.812 bits per heavy atom. The van der Waals surface area contributed by atoms with E-state index in [-0.39, 0.29) is 25.7 Å². The number of furan rings is 1. The second-order valence-corrected chi connectivity index (χ2v) is 11.9. The molecule has 0 amide bonds. The summed E-state index contributed by atoms with van der Waals surface area (Å²) in [5.41, 5.74) is 10.3. The van der Waals surface area contributed by atoms with Crippen molar-refractivity contribution in [3.63, 3.8) is 0 Å². The van der Waals surface area contributed by atoms with Gasteiger partial charge in [-0.2, -0.15) is 0 Å². The van der Waals surface area contributed by atoms with E-state index >= 15 is 0 Å². The minimum Gasteiger partial charge on any atom is -0.557 e. The van der Waals surface area contributed by atoms with Gasteiger partial charge in [0.05, 0.1) is 16.9 Å². The first-order valence-electron chi connectivity index (χ1n) is 17.2. The molecule has 8 rings (SSSR count). The predicted molar refractivity (Wildman–Crippen MR) is 192 cm³/mol. The molecule has 3 aromatic heterocycles. The van der Waals surface area contributed by atoms with E-state index in [4.69, 9.17) is 13.5 Å². The van der Waals surface area contributed by atoms with Crippen LogP contribution in [-0.4, -0.2) is 14.5 Å². The van der Waals surface area contributed by atoms with Gasteiger partial charge in [-0.05, 0) is 65.8 Å². The number of benzene rings is 5. The van der Waals surface area contributed by atoms with Crippen molar-refractivity contribution in [3.05, 3.63) is 163 Å². The topological polar surface area (TPSA) is 43.9 Å². The molecule has 0 unspecified atom stereocenters. The Bertz CT molecular complexity index is 2350. The monoisotopic (exact) mass is 805 g/mol. The summed E-state index contributed by atoms with van der Waals surface area (Å²) < 4.78 is 29.8. The molecule has 0 aliphatic rings. The Kier molecular flexibility index (Phi) is 8.95. The van der Waals surface area contributed by atoms with Crippen LogP contribution in [0.2, 0.25) is 0 Å². The first-order chi connectivity index (χ1) is 24.2. The molecule has 239 valence electrons. The van der Waals surface area contributed by atoms with Gasteiger partial charge < -0.3 is 14.0 Å². The third-order valence-corrected chi connectivity index (χ3v) is 7.99. The van der Waals surface area contributed by atoms with Gasteiger partial charge in [-0.25, -0.2) is 0 Å². The molecule has 0 aliphatic heterocycles. The van der Waals surface area contributed by atoms with Crippen LogP contribution in [0.25, 0.3) is 61.5 Å². The Morgan fingerprint density at radius 3 is 2.31 bits per heavy atom. The minimum atomic E-state index is -2.09. The molecule has 0 saturated carbocycles. The third kappa shape index (κ3) is 7.08. The fourth-order valence-corrected chi connectivity index (χ4v) is 5.78. The summed E-state index contributed by atoms with van der Waals surface area (Å²) in [6.45, 7) is 2.39. The van der Waals surface area contributed by atoms with Crippen molar-refractivity contribution in [1.29, 1.82) is 0 Å². The van der Waals surface area contributed by atoms with Gasteiger partial charge in [-0.15, -0.1) is 35.9 Å². The predicted octanol–water partition coefficient (Wildman–Crippen LogP) is 11.0. The van der Waals surface area contributed by atoms with Gasteiger partial charge in [-0.1, -0.05) is 115 Å². The summed E-state index contributed by atoms with van der Waals surface area (Å²) in [4.78, 5) is 9.15. The maximum Gasteiger partial charge on any atom is 0.0774 e. The zero-order chi connectivity index (χ0) is 34.7. The number of imidazole rings is 1. The normalized spacial score (nSPS) is 12.1. The SMILES string of the molecule is CC(C)Cc1ccc2o[c-]c(-c3nc4ccccc4n3-c3ccc(-c4ccccc4)cc3)c2c1.[2H]C([2H])([2H])c1ccc(-c2[c-]cccc2)nc1.[Ir]. The van der Waals surface area contributed by atoms with E-state index in [1.54, 1.807) is 18.2 Å². The van der Waals surface area contributed by atoms with Gasteiger partial charge in [0, 0.05) is 47.9 Å². The Labute approximate surface area is 299 Å². The molecule has 0 saturated heterocycles. The van der Waals surface area contributed by atoms with E-state index in [2.05, 4.69) is 121 Å². The van der Waals surface area contributed by atoms with Gasteiger partial charge in [0.15, 0.2) is 0 Å². The number of para-hydroxylation sites is 2. The standard InChI is InChI=1S/C31H25N2O.C12H10N.Ir/c1-21(2)18-22-12-17-30-26(19-22)27(20-34-30)31-32-28-10-6-7-11-29(28)33(31)25-15-13-24(14-16-25)23-8-4-3-5-9-23;1-10-7-8-12(13-9-10)11-5-3-2-4-6-11;/h3-17,19,21H,18H2,1-2H3;2-5,7-9H,1H3;/q2*-1;/i;1D3;. The summed E-state index contributed by atoms with van der Waals surface area (Å²) in [6, 6.07) is 47.6. The Hall–Kier alpha value is -5.09. The number of fused-ring (bicyclic) bond motifs is 2. The summed E-state index contributed by atoms with van der Waals surface area (Å²) in [5.74, 6) is 1.43. The molecule has 1 radical (unpaired) electrons. The molecular weight excluding hydrogens is 767 g/mol.